The number of esters is 1. The molecule has 1 amide bonds. The van der Waals surface area contributed by atoms with Crippen molar-refractivity contribution in [2.45, 2.75) is 77.2 Å². The van der Waals surface area contributed by atoms with Crippen LogP contribution in [0.3, 0.4) is 0 Å². The molecule has 3 N–H and O–H groups in total. The highest BCUT2D eigenvalue weighted by Crippen LogP contribution is 2.47. The molecule has 41 heavy (non-hydrogen) atoms. The van der Waals surface area contributed by atoms with Crippen LogP contribution in [-0.4, -0.2) is 71.2 Å². The lowest BCUT2D eigenvalue weighted by Crippen LogP contribution is -2.56. The maximum absolute atomic E-state index is 14.0. The number of aromatic nitrogens is 2. The number of ether oxygens (including phenoxy) is 2. The largest absolute Gasteiger partial charge is 0.497 e. The van der Waals surface area contributed by atoms with Gasteiger partial charge in [-0.3, -0.25) is 9.59 Å². The minimum Gasteiger partial charge on any atom is -0.497 e. The van der Waals surface area contributed by atoms with E-state index in [2.05, 4.69) is 27.5 Å². The number of H-pyrrole nitrogens is 1. The monoisotopic (exact) mass is 583 g/mol. The first-order chi connectivity index (χ1) is 19.9. The zero-order valence-corrected chi connectivity index (χ0v) is 25.4. The van der Waals surface area contributed by atoms with Crippen LogP contribution in [0.4, 0.5) is 0 Å². The van der Waals surface area contributed by atoms with Crippen LogP contribution in [-0.2, 0) is 20.7 Å². The Kier molecular flexibility index (Phi) is 11.0. The molecule has 0 bridgehead atoms. The van der Waals surface area contributed by atoms with E-state index in [-0.39, 0.29) is 17.8 Å². The molecule has 1 aliphatic heterocycles. The molecule has 1 saturated carbocycles. The Morgan fingerprint density at radius 1 is 1.17 bits per heavy atom. The van der Waals surface area contributed by atoms with E-state index in [0.29, 0.717) is 56.5 Å². The number of hydrogen-bond donors (Lipinski definition) is 3. The highest BCUT2D eigenvalue weighted by Gasteiger charge is 2.49. The molecule has 0 spiro atoms. The fourth-order valence-corrected chi connectivity index (χ4v) is 6.58. The van der Waals surface area contributed by atoms with Crippen LogP contribution in [0, 0.1) is 11.3 Å². The van der Waals surface area contributed by atoms with Gasteiger partial charge in [0.1, 0.15) is 11.8 Å². The van der Waals surface area contributed by atoms with Crippen LogP contribution in [0.2, 0.25) is 0 Å². The van der Waals surface area contributed by atoms with Gasteiger partial charge >= 0.3 is 5.97 Å². The van der Waals surface area contributed by atoms with Gasteiger partial charge in [-0.05, 0) is 68.4 Å². The van der Waals surface area contributed by atoms with Crippen molar-refractivity contribution in [3.63, 3.8) is 0 Å². The van der Waals surface area contributed by atoms with Gasteiger partial charge in [0.2, 0.25) is 5.91 Å². The van der Waals surface area contributed by atoms with Crippen molar-refractivity contribution >= 4 is 29.2 Å². The summed E-state index contributed by atoms with van der Waals surface area (Å²) in [5, 5.41) is 7.00. The summed E-state index contributed by atoms with van der Waals surface area (Å²) in [6.45, 7) is 6.00. The average molecular weight is 584 g/mol. The molecule has 10 heteroatoms. The van der Waals surface area contributed by atoms with E-state index in [1.165, 1.54) is 6.42 Å². The first kappa shape index (κ1) is 30.8. The number of nitrogens with zero attached hydrogens (tertiary/aromatic N) is 2. The summed E-state index contributed by atoms with van der Waals surface area (Å²) < 4.78 is 10.9. The Labute approximate surface area is 249 Å². The Bertz CT molecular complexity index is 1130. The predicted octanol–water partition coefficient (Wildman–Crippen LogP) is 4.35. The van der Waals surface area contributed by atoms with E-state index in [1.807, 2.05) is 36.1 Å². The van der Waals surface area contributed by atoms with Gasteiger partial charge in [0.25, 0.3) is 0 Å². The quantitative estimate of drug-likeness (QED) is 0.265. The molecular formula is C31H45N5O4S. The molecule has 2 heterocycles. The van der Waals surface area contributed by atoms with E-state index in [1.54, 1.807) is 19.6 Å². The number of benzene rings is 1. The molecule has 1 aliphatic carbocycles. The fourth-order valence-electron chi connectivity index (χ4n) is 6.35. The number of rotatable bonds is 11. The van der Waals surface area contributed by atoms with Crippen LogP contribution in [0.1, 0.15) is 76.0 Å². The molecule has 224 valence electrons. The van der Waals surface area contributed by atoms with Gasteiger partial charge < -0.3 is 30.0 Å². The van der Waals surface area contributed by atoms with Gasteiger partial charge in [0, 0.05) is 43.9 Å². The van der Waals surface area contributed by atoms with Crippen LogP contribution in [0.5, 0.6) is 5.75 Å². The molecular weight excluding hydrogens is 538 g/mol. The number of carbonyl (C=O) groups excluding carboxylic acids is 2. The van der Waals surface area contributed by atoms with E-state index in [9.17, 15) is 9.59 Å². The highest BCUT2D eigenvalue weighted by molar-refractivity contribution is 7.80. The summed E-state index contributed by atoms with van der Waals surface area (Å²) in [6, 6.07) is 7.21. The zero-order valence-electron chi connectivity index (χ0n) is 24.6. The van der Waals surface area contributed by atoms with E-state index in [4.69, 9.17) is 21.7 Å². The third kappa shape index (κ3) is 7.78. The topological polar surface area (TPSA) is 109 Å². The average Bonchev–Trinajstić information content (AvgIpc) is 3.56. The van der Waals surface area contributed by atoms with Crippen LogP contribution < -0.4 is 15.4 Å². The van der Waals surface area contributed by atoms with E-state index >= 15 is 0 Å². The van der Waals surface area contributed by atoms with Crippen molar-refractivity contribution in [1.29, 1.82) is 0 Å². The zero-order chi connectivity index (χ0) is 29.2. The normalized spacial score (nSPS) is 18.7. The molecule has 1 saturated heterocycles. The SMILES string of the molecule is CCOC(=O)C1(C2CCCCC2)CCN(C(=O)C(Cc2ccc(OC)cc2)NC(=S)NCC(C)c2cnc[nH]2)CC1. The number of hydrogen-bond acceptors (Lipinski definition) is 6. The number of carbonyl (C=O) groups is 2. The molecule has 0 radical (unpaired) electrons. The maximum Gasteiger partial charge on any atom is 0.312 e. The number of piperidine rings is 1. The van der Waals surface area contributed by atoms with Gasteiger partial charge in [-0.2, -0.15) is 0 Å². The predicted molar refractivity (Wildman–Crippen MR) is 163 cm³/mol. The van der Waals surface area contributed by atoms with Gasteiger partial charge in [-0.15, -0.1) is 0 Å². The second-order valence-electron chi connectivity index (χ2n) is 11.4. The first-order valence-corrected chi connectivity index (χ1v) is 15.4. The van der Waals surface area contributed by atoms with Crippen LogP contribution >= 0.6 is 12.2 Å². The standard InChI is InChI=1S/C31H45N5O4S/c1-4-40-29(38)31(24-8-6-5-7-9-24)14-16-36(17-15-31)28(37)26(18-23-10-12-25(39-3)13-11-23)35-30(41)33-19-22(2)27-20-32-21-34-27/h10-13,20-22,24,26H,4-9,14-19H2,1-3H3,(H,32,34)(H2,33,35,41). The van der Waals surface area contributed by atoms with Crippen molar-refractivity contribution in [3.05, 3.63) is 48.0 Å². The minimum atomic E-state index is -0.546. The molecule has 1 aromatic carbocycles. The molecule has 9 nitrogen and oxygen atoms in total. The van der Waals surface area contributed by atoms with Crippen molar-refractivity contribution < 1.29 is 19.1 Å². The minimum absolute atomic E-state index is 0.00677. The first-order valence-electron chi connectivity index (χ1n) is 15.0. The molecule has 2 atom stereocenters. The number of imidazole rings is 1. The van der Waals surface area contributed by atoms with Gasteiger partial charge in [0.15, 0.2) is 5.11 Å². The summed E-state index contributed by atoms with van der Waals surface area (Å²) in [5.41, 5.74) is 1.53. The lowest BCUT2D eigenvalue weighted by molar-refractivity contribution is -0.166. The summed E-state index contributed by atoms with van der Waals surface area (Å²) in [7, 11) is 1.64. The fraction of sp³-hybridized carbons (Fsp3) is 0.613. The Morgan fingerprint density at radius 2 is 1.88 bits per heavy atom. The Balaban J connectivity index is 1.44. The number of thiocarbonyl (C=S) groups is 1. The smallest absolute Gasteiger partial charge is 0.312 e. The second kappa shape index (κ2) is 14.7. The molecule has 1 aromatic heterocycles. The van der Waals surface area contributed by atoms with Crippen molar-refractivity contribution in [2.24, 2.45) is 11.3 Å². The number of methoxy groups -OCH3 is 1. The number of nitrogens with one attached hydrogen (secondary N) is 3. The Morgan fingerprint density at radius 3 is 2.49 bits per heavy atom. The lowest BCUT2D eigenvalue weighted by atomic mass is 9.63. The molecule has 2 aromatic rings. The third-order valence-corrected chi connectivity index (χ3v) is 9.12. The van der Waals surface area contributed by atoms with E-state index < -0.39 is 11.5 Å². The van der Waals surface area contributed by atoms with Crippen molar-refractivity contribution in [3.8, 4) is 5.75 Å². The number of amides is 1. The number of likely N-dealkylation sites (tertiary alicyclic amines) is 1. The van der Waals surface area contributed by atoms with Crippen molar-refractivity contribution in [2.75, 3.05) is 33.4 Å². The van der Waals surface area contributed by atoms with Crippen LogP contribution in [0.15, 0.2) is 36.8 Å². The van der Waals surface area contributed by atoms with Crippen LogP contribution in [0.25, 0.3) is 0 Å². The third-order valence-electron chi connectivity index (χ3n) is 8.86. The molecule has 2 unspecified atom stereocenters. The highest BCUT2D eigenvalue weighted by atomic mass is 32.1. The van der Waals surface area contributed by atoms with Gasteiger partial charge in [0.05, 0.1) is 25.5 Å². The van der Waals surface area contributed by atoms with E-state index in [0.717, 1.165) is 42.7 Å². The summed E-state index contributed by atoms with van der Waals surface area (Å²) in [4.78, 5) is 36.4. The second-order valence-corrected chi connectivity index (χ2v) is 11.8. The summed E-state index contributed by atoms with van der Waals surface area (Å²) in [5.74, 6) is 1.18. The molecule has 2 fully saturated rings. The molecule has 4 rings (SSSR count). The van der Waals surface area contributed by atoms with Gasteiger partial charge in [-0.25, -0.2) is 4.98 Å². The van der Waals surface area contributed by atoms with Gasteiger partial charge in [-0.1, -0.05) is 38.3 Å². The maximum atomic E-state index is 14.0. The van der Waals surface area contributed by atoms with Crippen molar-refractivity contribution in [1.82, 2.24) is 25.5 Å². The summed E-state index contributed by atoms with van der Waals surface area (Å²) in [6.07, 6.45) is 10.9. The lowest BCUT2D eigenvalue weighted by Gasteiger charge is -2.46. The molecule has 2 aliphatic rings. The Hall–Kier alpha value is -3.14. The summed E-state index contributed by atoms with van der Waals surface area (Å²) >= 11 is 5.64. The number of aromatic amines is 1.